The van der Waals surface area contributed by atoms with Crippen LogP contribution in [-0.2, 0) is 24.9 Å². The van der Waals surface area contributed by atoms with Gasteiger partial charge in [0.25, 0.3) is 0 Å². The monoisotopic (exact) mass is 804 g/mol. The Hall–Kier alpha value is -3.21. The minimum atomic E-state index is -2.33. The number of para-hydroxylation sites is 1. The van der Waals surface area contributed by atoms with Gasteiger partial charge in [0.2, 0.25) is 0 Å². The van der Waals surface area contributed by atoms with Gasteiger partial charge < -0.3 is 14.8 Å². The summed E-state index contributed by atoms with van der Waals surface area (Å²) in [5, 5.41) is 16.0. The van der Waals surface area contributed by atoms with Crippen molar-refractivity contribution < 1.29 is 44.3 Å². The number of rotatable bonds is 9. The van der Waals surface area contributed by atoms with Crippen LogP contribution in [0.15, 0.2) is 71.0 Å². The van der Waals surface area contributed by atoms with Gasteiger partial charge in [-0.05, 0) is 68.0 Å². The summed E-state index contributed by atoms with van der Waals surface area (Å²) in [5.74, 6) is -0.378. The number of halogens is 1. The zero-order valence-corrected chi connectivity index (χ0v) is 29.4. The van der Waals surface area contributed by atoms with Crippen LogP contribution in [0.1, 0.15) is 118 Å². The number of furan rings is 1. The van der Waals surface area contributed by atoms with E-state index in [4.69, 9.17) is 9.90 Å². The van der Waals surface area contributed by atoms with E-state index in [0.29, 0.717) is 29.6 Å². The second-order valence-corrected chi connectivity index (χ2v) is 12.1. The van der Waals surface area contributed by atoms with E-state index in [1.807, 2.05) is 76.2 Å². The Kier molecular flexibility index (Phi) is 10.5. The smallest absolute Gasteiger partial charge is 0.162 e. The average Bonchev–Trinajstić information content (AvgIpc) is 3.64. The maximum Gasteiger partial charge on any atom is 0.162 e. The summed E-state index contributed by atoms with van der Waals surface area (Å²) in [6.45, 7) is 5.74. The Morgan fingerprint density at radius 2 is 1.83 bits per heavy atom. The molecule has 46 heavy (non-hydrogen) atoms. The third kappa shape index (κ3) is 7.66. The van der Waals surface area contributed by atoms with Gasteiger partial charge in [-0.2, -0.15) is 23.9 Å². The van der Waals surface area contributed by atoms with Gasteiger partial charge in [-0.1, -0.05) is 94.0 Å². The van der Waals surface area contributed by atoms with Crippen molar-refractivity contribution in [3.8, 4) is 0 Å². The molecule has 1 aromatic heterocycles. The minimum absolute atomic E-state index is 0. The molecule has 0 amide bonds. The third-order valence-corrected chi connectivity index (χ3v) is 9.30. The molecule has 1 aliphatic carbocycles. The molecule has 4 nitrogen and oxygen atoms in total. The number of alkyl halides is 1. The van der Waals surface area contributed by atoms with E-state index < -0.39 is 25.0 Å². The molecule has 3 unspecified atom stereocenters. The van der Waals surface area contributed by atoms with Gasteiger partial charge in [0, 0.05) is 54.5 Å². The molecule has 1 N–H and O–H groups in total. The van der Waals surface area contributed by atoms with Gasteiger partial charge in [0.1, 0.15) is 11.8 Å². The van der Waals surface area contributed by atoms with Crippen LogP contribution in [-0.4, -0.2) is 17.1 Å². The fourth-order valence-electron chi connectivity index (χ4n) is 6.54. The van der Waals surface area contributed by atoms with Gasteiger partial charge in [-0.15, -0.1) is 5.56 Å². The summed E-state index contributed by atoms with van der Waals surface area (Å²) in [6, 6.07) is 17.6. The quantitative estimate of drug-likeness (QED) is 0.104. The molecule has 2 heterocycles. The molecule has 1 fully saturated rings. The second-order valence-electron chi connectivity index (χ2n) is 12.1. The van der Waals surface area contributed by atoms with Crippen molar-refractivity contribution in [1.82, 2.24) is 0 Å². The molecule has 1 radical (unpaired) electrons. The molecule has 0 bridgehead atoms. The van der Waals surface area contributed by atoms with Gasteiger partial charge in [0.05, 0.1) is 5.76 Å². The van der Waals surface area contributed by atoms with Crippen LogP contribution in [0.3, 0.4) is 0 Å². The Bertz CT molecular complexity index is 1860. The number of nitrogens with zero attached hydrogens (tertiary/aromatic N) is 1. The zero-order valence-electron chi connectivity index (χ0n) is 31.0. The number of hydrogen-bond donors (Lipinski definition) is 1. The number of ketones is 1. The number of fused-ring (bicyclic) bond motifs is 4. The molecule has 6 rings (SSSR count). The average molecular weight is 804 g/mol. The van der Waals surface area contributed by atoms with Gasteiger partial charge in [0.15, 0.2) is 5.78 Å². The predicted molar refractivity (Wildman–Crippen MR) is 183 cm³/mol. The Labute approximate surface area is 292 Å². The van der Waals surface area contributed by atoms with Crippen LogP contribution >= 0.6 is 0 Å². The first kappa shape index (κ1) is 30.1. The number of hydrogen-bond acceptors (Lipinski definition) is 3. The van der Waals surface area contributed by atoms with E-state index in [1.54, 1.807) is 12.3 Å². The van der Waals surface area contributed by atoms with Gasteiger partial charge in [-0.3, -0.25) is 4.79 Å². The van der Waals surface area contributed by atoms with Crippen LogP contribution in [0.4, 0.5) is 4.39 Å². The molecule has 3 aromatic carbocycles. The van der Waals surface area contributed by atoms with Crippen molar-refractivity contribution in [2.24, 2.45) is 11.8 Å². The standard InChI is InChI=1S/C27H22FNO.C13H24O2.Ir/c1-16-12-23-22-4-2-3-5-25(22)30-27(23)24(13-16)26-21-9-7-17(14-19(21)10-11-29-26)18-6-8-20(28)15-18;1-5-10(6-2)12(14)9-13(15)11(7-3)8-4;/h2-5,7,9-12,14,18,20,26H,6,8,15H2,1H3;9-11,14H,5-8H2,1-4H3;/q-2;;/b;12-9-;/i1D3,18D;;. The first-order valence-corrected chi connectivity index (χ1v) is 16.3. The summed E-state index contributed by atoms with van der Waals surface area (Å²) in [4.78, 5) is 11.7. The van der Waals surface area contributed by atoms with E-state index in [9.17, 15) is 14.3 Å². The molecule has 1 aliphatic heterocycles. The number of aryl methyl sites for hydroxylation is 1. The van der Waals surface area contributed by atoms with Crippen molar-refractivity contribution in [2.75, 3.05) is 0 Å². The zero-order chi connectivity index (χ0) is 35.5. The van der Waals surface area contributed by atoms with E-state index in [1.165, 1.54) is 6.08 Å². The van der Waals surface area contributed by atoms with Crippen molar-refractivity contribution in [2.45, 2.75) is 97.6 Å². The number of aliphatic hydroxyl groups is 1. The molecule has 2 aliphatic rings. The maximum atomic E-state index is 13.9. The summed E-state index contributed by atoms with van der Waals surface area (Å²) in [6.07, 6.45) is 8.66. The molecule has 0 spiro atoms. The van der Waals surface area contributed by atoms with E-state index >= 15 is 0 Å². The maximum absolute atomic E-state index is 13.9. The summed E-state index contributed by atoms with van der Waals surface area (Å²) >= 11 is 0. The Morgan fingerprint density at radius 1 is 1.09 bits per heavy atom. The van der Waals surface area contributed by atoms with Crippen LogP contribution in [0, 0.1) is 24.8 Å². The molecule has 247 valence electrons. The van der Waals surface area contributed by atoms with Gasteiger partial charge >= 0.3 is 0 Å². The van der Waals surface area contributed by atoms with Crippen LogP contribution in [0.2, 0.25) is 0 Å². The topological polar surface area (TPSA) is 64.5 Å². The van der Waals surface area contributed by atoms with Crippen molar-refractivity contribution in [1.29, 1.82) is 0 Å². The SMILES string of the molecule is CCC(CC)C(=O)/C=C(\O)C(CC)CC.[2H]C([2H])([2H])c1[c-]c(C2[N-]C=Cc3cc(C4([2H])CCC(F)C4)ccc32)c2oc3ccccc3c2c1.[Ir]. The Morgan fingerprint density at radius 3 is 2.50 bits per heavy atom. The predicted octanol–water partition coefficient (Wildman–Crippen LogP) is 11.6. The van der Waals surface area contributed by atoms with Crippen LogP contribution < -0.4 is 0 Å². The molecule has 3 atom stereocenters. The van der Waals surface area contributed by atoms with Crippen molar-refractivity contribution in [3.63, 3.8) is 0 Å². The molecule has 1 saturated carbocycles. The normalized spacial score (nSPS) is 22.3. The number of benzene rings is 3. The second kappa shape index (κ2) is 16.1. The number of aliphatic hydroxyl groups excluding tert-OH is 1. The van der Waals surface area contributed by atoms with Crippen molar-refractivity contribution in [3.05, 3.63) is 106 Å². The number of carbonyl (C=O) groups is 1. The molecular formula is C40H46FIrNO3-2. The van der Waals surface area contributed by atoms with Crippen LogP contribution in [0.5, 0.6) is 0 Å². The third-order valence-electron chi connectivity index (χ3n) is 9.30. The minimum Gasteiger partial charge on any atom is -0.682 e. The largest absolute Gasteiger partial charge is 0.682 e. The summed E-state index contributed by atoms with van der Waals surface area (Å²) in [7, 11) is 0. The summed E-state index contributed by atoms with van der Waals surface area (Å²) in [5.41, 5.74) is 4.51. The van der Waals surface area contributed by atoms with E-state index in [0.717, 1.165) is 53.1 Å². The van der Waals surface area contributed by atoms with E-state index in [-0.39, 0.29) is 55.5 Å². The van der Waals surface area contributed by atoms with Gasteiger partial charge in [-0.25, -0.2) is 4.39 Å². The number of carbonyl (C=O) groups excluding carboxylic acids is 1. The van der Waals surface area contributed by atoms with Crippen LogP contribution in [0.25, 0.3) is 33.3 Å². The first-order chi connectivity index (χ1) is 23.3. The van der Waals surface area contributed by atoms with Crippen molar-refractivity contribution >= 4 is 33.8 Å². The molecule has 0 saturated heterocycles. The van der Waals surface area contributed by atoms with E-state index in [2.05, 4.69) is 11.4 Å². The Balaban J connectivity index is 0.000000301. The molecular weight excluding hydrogens is 754 g/mol. The first-order valence-electron chi connectivity index (χ1n) is 18.3. The number of allylic oxidation sites excluding steroid dienone is 2. The fraction of sp³-hybridized carbons (Fsp3) is 0.425. The summed E-state index contributed by atoms with van der Waals surface area (Å²) < 4.78 is 52.9. The molecule has 4 aromatic rings. The fourth-order valence-corrected chi connectivity index (χ4v) is 6.54. The molecule has 6 heteroatoms.